The molecular weight excluding hydrogens is 275 g/mol. The summed E-state index contributed by atoms with van der Waals surface area (Å²) in [5, 5.41) is 14.5. The smallest absolute Gasteiger partial charge is 0.321 e. The van der Waals surface area contributed by atoms with Gasteiger partial charge in [0, 0.05) is 5.69 Å². The number of carbonyl (C=O) groups is 2. The molecule has 0 unspecified atom stereocenters. The molecule has 0 aliphatic heterocycles. The summed E-state index contributed by atoms with van der Waals surface area (Å²) in [5.41, 5.74) is 0.438. The molecule has 0 aromatic heterocycles. The van der Waals surface area contributed by atoms with Gasteiger partial charge in [-0.25, -0.2) is 4.39 Å². The Kier molecular flexibility index (Phi) is 6.81. The second-order valence-corrected chi connectivity index (χ2v) is 5.29. The summed E-state index contributed by atoms with van der Waals surface area (Å²) in [6.07, 6.45) is 0.661. The van der Waals surface area contributed by atoms with E-state index in [1.165, 1.54) is 24.3 Å². The van der Waals surface area contributed by atoms with Gasteiger partial charge in [-0.3, -0.25) is 9.59 Å². The van der Waals surface area contributed by atoms with Crippen LogP contribution >= 0.6 is 0 Å². The monoisotopic (exact) mass is 296 g/mol. The predicted molar refractivity (Wildman–Crippen MR) is 78.5 cm³/mol. The summed E-state index contributed by atoms with van der Waals surface area (Å²) in [7, 11) is 0. The molecule has 6 heteroatoms. The summed E-state index contributed by atoms with van der Waals surface area (Å²) >= 11 is 0. The van der Waals surface area contributed by atoms with Crippen molar-refractivity contribution in [2.75, 3.05) is 11.9 Å². The second kappa shape index (κ2) is 8.36. The Morgan fingerprint density at radius 2 is 1.86 bits per heavy atom. The standard InChI is InChI=1S/C15H21FN2O3/c1-10(2)7-8-17-13(15(20)21)9-14(19)18-12-5-3-11(16)4-6-12/h3-6,10,13,17H,7-9H2,1-2H3,(H,18,19)(H,20,21)/t13-/m0/s1. The largest absolute Gasteiger partial charge is 0.480 e. The fourth-order valence-electron chi connectivity index (χ4n) is 1.72. The Morgan fingerprint density at radius 3 is 2.38 bits per heavy atom. The lowest BCUT2D eigenvalue weighted by Crippen LogP contribution is -2.40. The van der Waals surface area contributed by atoms with Gasteiger partial charge in [0.2, 0.25) is 5.91 Å². The highest BCUT2D eigenvalue weighted by Crippen LogP contribution is 2.09. The number of amides is 1. The summed E-state index contributed by atoms with van der Waals surface area (Å²) in [5.74, 6) is -1.43. The fraction of sp³-hybridized carbons (Fsp3) is 0.467. The third-order valence-electron chi connectivity index (χ3n) is 2.93. The molecule has 0 saturated heterocycles. The molecule has 116 valence electrons. The van der Waals surface area contributed by atoms with E-state index in [1.54, 1.807) is 0 Å². The molecular formula is C15H21FN2O3. The van der Waals surface area contributed by atoms with E-state index >= 15 is 0 Å². The van der Waals surface area contributed by atoms with Gasteiger partial charge in [0.15, 0.2) is 0 Å². The number of nitrogens with one attached hydrogen (secondary N) is 2. The van der Waals surface area contributed by atoms with E-state index in [0.29, 0.717) is 18.2 Å². The third-order valence-corrected chi connectivity index (χ3v) is 2.93. The van der Waals surface area contributed by atoms with Gasteiger partial charge in [-0.1, -0.05) is 13.8 Å². The first-order valence-electron chi connectivity index (χ1n) is 6.90. The zero-order chi connectivity index (χ0) is 15.8. The van der Waals surface area contributed by atoms with Crippen LogP contribution in [0, 0.1) is 11.7 Å². The van der Waals surface area contributed by atoms with Crippen LogP contribution in [0.4, 0.5) is 10.1 Å². The van der Waals surface area contributed by atoms with Gasteiger partial charge in [0.25, 0.3) is 0 Å². The molecule has 0 heterocycles. The number of carboxylic acids is 1. The Morgan fingerprint density at radius 1 is 1.24 bits per heavy atom. The molecule has 0 radical (unpaired) electrons. The van der Waals surface area contributed by atoms with Crippen molar-refractivity contribution in [3.63, 3.8) is 0 Å². The number of aliphatic carboxylic acids is 1. The maximum absolute atomic E-state index is 12.7. The molecule has 1 amide bonds. The van der Waals surface area contributed by atoms with E-state index in [4.69, 9.17) is 5.11 Å². The van der Waals surface area contributed by atoms with Crippen molar-refractivity contribution < 1.29 is 19.1 Å². The SMILES string of the molecule is CC(C)CCN[C@@H](CC(=O)Nc1ccc(F)cc1)C(=O)O. The minimum atomic E-state index is -1.06. The van der Waals surface area contributed by atoms with E-state index in [1.807, 2.05) is 13.8 Å². The second-order valence-electron chi connectivity index (χ2n) is 5.29. The first-order valence-corrected chi connectivity index (χ1v) is 6.90. The van der Waals surface area contributed by atoms with Crippen molar-refractivity contribution in [3.8, 4) is 0 Å². The molecule has 0 bridgehead atoms. The first kappa shape index (κ1) is 17.1. The fourth-order valence-corrected chi connectivity index (χ4v) is 1.72. The summed E-state index contributed by atoms with van der Waals surface area (Å²) < 4.78 is 12.7. The van der Waals surface area contributed by atoms with Gasteiger partial charge in [-0.15, -0.1) is 0 Å². The highest BCUT2D eigenvalue weighted by atomic mass is 19.1. The van der Waals surface area contributed by atoms with Gasteiger partial charge in [-0.2, -0.15) is 0 Å². The van der Waals surface area contributed by atoms with Crippen molar-refractivity contribution in [3.05, 3.63) is 30.1 Å². The van der Waals surface area contributed by atoms with Crippen molar-refractivity contribution in [1.82, 2.24) is 5.32 Å². The Hall–Kier alpha value is -1.95. The molecule has 0 saturated carbocycles. The number of anilines is 1. The normalized spacial score (nSPS) is 12.2. The minimum Gasteiger partial charge on any atom is -0.480 e. The van der Waals surface area contributed by atoms with Gasteiger partial charge < -0.3 is 15.7 Å². The molecule has 1 rings (SSSR count). The minimum absolute atomic E-state index is 0.176. The van der Waals surface area contributed by atoms with E-state index < -0.39 is 23.7 Å². The van der Waals surface area contributed by atoms with Crippen LogP contribution in [0.3, 0.4) is 0 Å². The molecule has 3 N–H and O–H groups in total. The van der Waals surface area contributed by atoms with Crippen LogP contribution in [0.1, 0.15) is 26.7 Å². The van der Waals surface area contributed by atoms with Crippen LogP contribution in [0.2, 0.25) is 0 Å². The number of halogens is 1. The molecule has 0 aliphatic carbocycles. The molecule has 0 fully saturated rings. The van der Waals surface area contributed by atoms with Crippen LogP contribution in [0.25, 0.3) is 0 Å². The van der Waals surface area contributed by atoms with Gasteiger partial charge in [0.05, 0.1) is 6.42 Å². The van der Waals surface area contributed by atoms with Crippen molar-refractivity contribution in [2.24, 2.45) is 5.92 Å². The average molecular weight is 296 g/mol. The van der Waals surface area contributed by atoms with Crippen molar-refractivity contribution in [2.45, 2.75) is 32.7 Å². The zero-order valence-electron chi connectivity index (χ0n) is 12.2. The molecule has 0 spiro atoms. The lowest BCUT2D eigenvalue weighted by Gasteiger charge is -2.15. The quantitative estimate of drug-likeness (QED) is 0.687. The molecule has 21 heavy (non-hydrogen) atoms. The van der Waals surface area contributed by atoms with Crippen LogP contribution in [0.5, 0.6) is 0 Å². The molecule has 1 aromatic carbocycles. The van der Waals surface area contributed by atoms with Gasteiger partial charge >= 0.3 is 5.97 Å². The number of hydrogen-bond acceptors (Lipinski definition) is 3. The van der Waals surface area contributed by atoms with Gasteiger partial charge in [-0.05, 0) is 43.1 Å². The highest BCUT2D eigenvalue weighted by molar-refractivity contribution is 5.93. The van der Waals surface area contributed by atoms with E-state index in [2.05, 4.69) is 10.6 Å². The van der Waals surface area contributed by atoms with Crippen LogP contribution in [-0.4, -0.2) is 29.6 Å². The lowest BCUT2D eigenvalue weighted by atomic mass is 10.1. The topological polar surface area (TPSA) is 78.4 Å². The van der Waals surface area contributed by atoms with Crippen LogP contribution in [0.15, 0.2) is 24.3 Å². The molecule has 0 aliphatic rings. The van der Waals surface area contributed by atoms with E-state index in [0.717, 1.165) is 6.42 Å². The molecule has 5 nitrogen and oxygen atoms in total. The third kappa shape index (κ3) is 6.85. The summed E-state index contributed by atoms with van der Waals surface area (Å²) in [6, 6.07) is 4.38. The van der Waals surface area contributed by atoms with Crippen molar-refractivity contribution in [1.29, 1.82) is 0 Å². The summed E-state index contributed by atoms with van der Waals surface area (Å²) in [6.45, 7) is 4.62. The van der Waals surface area contributed by atoms with Crippen LogP contribution < -0.4 is 10.6 Å². The number of carboxylic acid groups (broad SMARTS) is 1. The zero-order valence-corrected chi connectivity index (χ0v) is 12.2. The maximum Gasteiger partial charge on any atom is 0.321 e. The Balaban J connectivity index is 2.48. The number of hydrogen-bond donors (Lipinski definition) is 3. The van der Waals surface area contributed by atoms with Crippen LogP contribution in [-0.2, 0) is 9.59 Å². The Labute approximate surface area is 123 Å². The lowest BCUT2D eigenvalue weighted by molar-refractivity contribution is -0.141. The van der Waals surface area contributed by atoms with Gasteiger partial charge in [0.1, 0.15) is 11.9 Å². The highest BCUT2D eigenvalue weighted by Gasteiger charge is 2.20. The first-order chi connectivity index (χ1) is 9.88. The molecule has 1 atom stereocenters. The Bertz CT molecular complexity index is 474. The molecule has 1 aromatic rings. The van der Waals surface area contributed by atoms with Crippen molar-refractivity contribution >= 4 is 17.6 Å². The maximum atomic E-state index is 12.7. The van der Waals surface area contributed by atoms with E-state index in [-0.39, 0.29) is 6.42 Å². The summed E-state index contributed by atoms with van der Waals surface area (Å²) in [4.78, 5) is 22.9. The number of carbonyl (C=O) groups excluding carboxylic acids is 1. The number of rotatable bonds is 8. The average Bonchev–Trinajstić information content (AvgIpc) is 2.39. The predicted octanol–water partition coefficient (Wildman–Crippen LogP) is 2.24. The number of benzene rings is 1. The van der Waals surface area contributed by atoms with E-state index in [9.17, 15) is 14.0 Å².